The van der Waals surface area contributed by atoms with Crippen LogP contribution in [0.1, 0.15) is 26.7 Å². The third kappa shape index (κ3) is 3.14. The zero-order valence-corrected chi connectivity index (χ0v) is 9.12. The Bertz CT molecular complexity index is 233. The normalized spacial score (nSPS) is 21.5. The van der Waals surface area contributed by atoms with Gasteiger partial charge in [-0.2, -0.15) is 0 Å². The van der Waals surface area contributed by atoms with Gasteiger partial charge in [-0.3, -0.25) is 4.79 Å². The molecule has 80 valence electrons. The second-order valence-corrected chi connectivity index (χ2v) is 4.67. The number of rotatable bonds is 2. The maximum Gasteiger partial charge on any atom is 0.246 e. The number of carbonyl (C=O) groups excluding carboxylic acids is 1. The predicted octanol–water partition coefficient (Wildman–Crippen LogP) is 1.15. The molecular formula is C11H20N2O. The van der Waals surface area contributed by atoms with Gasteiger partial charge in [0.25, 0.3) is 0 Å². The van der Waals surface area contributed by atoms with Gasteiger partial charge in [0.2, 0.25) is 5.91 Å². The Kier molecular flexibility index (Phi) is 3.69. The molecule has 1 amide bonds. The van der Waals surface area contributed by atoms with E-state index in [9.17, 15) is 4.79 Å². The lowest BCUT2D eigenvalue weighted by molar-refractivity contribution is -0.128. The van der Waals surface area contributed by atoms with E-state index < -0.39 is 0 Å². The first kappa shape index (κ1) is 11.2. The number of likely N-dealkylation sites (tertiary alicyclic amines) is 1. The van der Waals surface area contributed by atoms with Gasteiger partial charge in [-0.05, 0) is 18.3 Å². The van der Waals surface area contributed by atoms with Gasteiger partial charge in [0, 0.05) is 25.7 Å². The quantitative estimate of drug-likeness (QED) is 0.673. The summed E-state index contributed by atoms with van der Waals surface area (Å²) in [7, 11) is 0. The molecular weight excluding hydrogens is 176 g/mol. The van der Waals surface area contributed by atoms with E-state index in [2.05, 4.69) is 13.8 Å². The molecule has 1 heterocycles. The first-order chi connectivity index (χ1) is 6.55. The molecule has 14 heavy (non-hydrogen) atoms. The second kappa shape index (κ2) is 4.60. The summed E-state index contributed by atoms with van der Waals surface area (Å²) in [5.74, 6) is 0.100. The van der Waals surface area contributed by atoms with E-state index in [-0.39, 0.29) is 11.3 Å². The lowest BCUT2D eigenvalue weighted by Gasteiger charge is -2.37. The fraction of sp³-hybridized carbons (Fsp3) is 0.727. The van der Waals surface area contributed by atoms with Gasteiger partial charge in [0.15, 0.2) is 0 Å². The number of hydrogen-bond donors (Lipinski definition) is 1. The van der Waals surface area contributed by atoms with E-state index in [1.807, 2.05) is 4.90 Å². The topological polar surface area (TPSA) is 46.3 Å². The molecule has 1 fully saturated rings. The molecule has 0 saturated carbocycles. The predicted molar refractivity (Wildman–Crippen MR) is 57.8 cm³/mol. The van der Waals surface area contributed by atoms with Crippen molar-refractivity contribution in [1.82, 2.24) is 4.90 Å². The molecule has 0 bridgehead atoms. The first-order valence-electron chi connectivity index (χ1n) is 5.21. The van der Waals surface area contributed by atoms with Gasteiger partial charge in [0.1, 0.15) is 0 Å². The van der Waals surface area contributed by atoms with Crippen molar-refractivity contribution in [2.45, 2.75) is 26.7 Å². The van der Waals surface area contributed by atoms with Crippen molar-refractivity contribution in [1.29, 1.82) is 0 Å². The van der Waals surface area contributed by atoms with E-state index in [0.717, 1.165) is 19.5 Å². The van der Waals surface area contributed by atoms with Gasteiger partial charge in [0.05, 0.1) is 0 Å². The summed E-state index contributed by atoms with van der Waals surface area (Å²) in [6.07, 6.45) is 5.61. The van der Waals surface area contributed by atoms with Crippen molar-refractivity contribution in [2.24, 2.45) is 11.1 Å². The lowest BCUT2D eigenvalue weighted by Crippen LogP contribution is -2.42. The Balaban J connectivity index is 2.52. The highest BCUT2D eigenvalue weighted by atomic mass is 16.2. The van der Waals surface area contributed by atoms with Crippen LogP contribution in [0.15, 0.2) is 12.2 Å². The smallest absolute Gasteiger partial charge is 0.246 e. The summed E-state index contributed by atoms with van der Waals surface area (Å²) in [6, 6.07) is 0. The third-order valence-electron chi connectivity index (χ3n) is 2.61. The standard InChI is InChI=1S/C11H20N2O/c1-11(2)6-4-8-13(9-11)10(14)5-3-7-12/h3,5H,4,6-9,12H2,1-2H3/b5-3+. The minimum atomic E-state index is 0.100. The maximum atomic E-state index is 11.6. The van der Waals surface area contributed by atoms with Crippen molar-refractivity contribution in [3.8, 4) is 0 Å². The molecule has 0 radical (unpaired) electrons. The number of hydrogen-bond acceptors (Lipinski definition) is 2. The van der Waals surface area contributed by atoms with Crippen LogP contribution >= 0.6 is 0 Å². The van der Waals surface area contributed by atoms with Gasteiger partial charge in [-0.15, -0.1) is 0 Å². The van der Waals surface area contributed by atoms with Crippen LogP contribution in [0.5, 0.6) is 0 Å². The molecule has 0 aromatic heterocycles. The molecule has 3 nitrogen and oxygen atoms in total. The van der Waals surface area contributed by atoms with Crippen LogP contribution in [0.2, 0.25) is 0 Å². The molecule has 0 spiro atoms. The van der Waals surface area contributed by atoms with E-state index in [1.54, 1.807) is 12.2 Å². The highest BCUT2D eigenvalue weighted by Gasteiger charge is 2.27. The molecule has 0 aromatic carbocycles. The van der Waals surface area contributed by atoms with E-state index in [4.69, 9.17) is 5.73 Å². The van der Waals surface area contributed by atoms with E-state index in [0.29, 0.717) is 6.54 Å². The zero-order chi connectivity index (χ0) is 10.6. The number of amides is 1. The molecule has 0 aromatic rings. The van der Waals surface area contributed by atoms with E-state index >= 15 is 0 Å². The minimum absolute atomic E-state index is 0.100. The molecule has 1 aliphatic heterocycles. The summed E-state index contributed by atoms with van der Waals surface area (Å²) < 4.78 is 0. The Hall–Kier alpha value is -0.830. The molecule has 1 rings (SSSR count). The van der Waals surface area contributed by atoms with Crippen LogP contribution in [0.3, 0.4) is 0 Å². The number of piperidine rings is 1. The van der Waals surface area contributed by atoms with Crippen molar-refractivity contribution in [3.63, 3.8) is 0 Å². The van der Waals surface area contributed by atoms with Crippen molar-refractivity contribution in [2.75, 3.05) is 19.6 Å². The fourth-order valence-corrected chi connectivity index (χ4v) is 1.89. The largest absolute Gasteiger partial charge is 0.339 e. The van der Waals surface area contributed by atoms with Gasteiger partial charge < -0.3 is 10.6 Å². The van der Waals surface area contributed by atoms with Crippen molar-refractivity contribution < 1.29 is 4.79 Å². The second-order valence-electron chi connectivity index (χ2n) is 4.67. The van der Waals surface area contributed by atoms with Crippen LogP contribution in [-0.4, -0.2) is 30.4 Å². The molecule has 1 aliphatic rings. The van der Waals surface area contributed by atoms with Crippen LogP contribution in [0, 0.1) is 5.41 Å². The molecule has 2 N–H and O–H groups in total. The molecule has 0 atom stereocenters. The van der Waals surface area contributed by atoms with Crippen molar-refractivity contribution in [3.05, 3.63) is 12.2 Å². The van der Waals surface area contributed by atoms with Crippen molar-refractivity contribution >= 4 is 5.91 Å². The summed E-state index contributed by atoms with van der Waals surface area (Å²) in [6.45, 7) is 6.60. The lowest BCUT2D eigenvalue weighted by atomic mass is 9.84. The SMILES string of the molecule is CC1(C)CCCN(C(=O)/C=C/CN)C1. The number of carbonyl (C=O) groups is 1. The summed E-state index contributed by atoms with van der Waals surface area (Å²) in [5, 5.41) is 0. The molecule has 1 saturated heterocycles. The van der Waals surface area contributed by atoms with Crippen LogP contribution in [0.4, 0.5) is 0 Å². The van der Waals surface area contributed by atoms with E-state index in [1.165, 1.54) is 6.42 Å². The summed E-state index contributed by atoms with van der Waals surface area (Å²) >= 11 is 0. The summed E-state index contributed by atoms with van der Waals surface area (Å²) in [5.41, 5.74) is 5.57. The third-order valence-corrected chi connectivity index (χ3v) is 2.61. The Morgan fingerprint density at radius 3 is 2.86 bits per heavy atom. The number of nitrogens with two attached hydrogens (primary N) is 1. The summed E-state index contributed by atoms with van der Waals surface area (Å²) in [4.78, 5) is 13.5. The maximum absolute atomic E-state index is 11.6. The number of nitrogens with zero attached hydrogens (tertiary/aromatic N) is 1. The van der Waals surface area contributed by atoms with Crippen LogP contribution < -0.4 is 5.73 Å². The monoisotopic (exact) mass is 196 g/mol. The minimum Gasteiger partial charge on any atom is -0.339 e. The highest BCUT2D eigenvalue weighted by Crippen LogP contribution is 2.28. The molecule has 3 heteroatoms. The van der Waals surface area contributed by atoms with Crippen LogP contribution in [0.25, 0.3) is 0 Å². The Morgan fingerprint density at radius 1 is 1.57 bits per heavy atom. The zero-order valence-electron chi connectivity index (χ0n) is 9.12. The van der Waals surface area contributed by atoms with Gasteiger partial charge >= 0.3 is 0 Å². The molecule has 0 aliphatic carbocycles. The average molecular weight is 196 g/mol. The molecule has 0 unspecified atom stereocenters. The Morgan fingerprint density at radius 2 is 2.29 bits per heavy atom. The fourth-order valence-electron chi connectivity index (χ4n) is 1.89. The average Bonchev–Trinajstić information content (AvgIpc) is 2.12. The first-order valence-corrected chi connectivity index (χ1v) is 5.21. The van der Waals surface area contributed by atoms with Gasteiger partial charge in [-0.1, -0.05) is 19.9 Å². The van der Waals surface area contributed by atoms with Gasteiger partial charge in [-0.25, -0.2) is 0 Å². The highest BCUT2D eigenvalue weighted by molar-refractivity contribution is 5.87. The van der Waals surface area contributed by atoms with Crippen LogP contribution in [-0.2, 0) is 4.79 Å². The Labute approximate surface area is 86.0 Å².